The fourth-order valence-corrected chi connectivity index (χ4v) is 3.84. The lowest BCUT2D eigenvalue weighted by molar-refractivity contribution is -0.149. The van der Waals surface area contributed by atoms with Crippen molar-refractivity contribution in [3.8, 4) is 0 Å². The van der Waals surface area contributed by atoms with Crippen molar-refractivity contribution in [2.24, 2.45) is 0 Å². The first kappa shape index (κ1) is 14.1. The number of nitrogens with zero attached hydrogens (tertiary/aromatic N) is 1. The molecule has 1 saturated carbocycles. The highest BCUT2D eigenvalue weighted by Gasteiger charge is 2.44. The van der Waals surface area contributed by atoms with E-state index in [1.165, 1.54) is 18.4 Å². The van der Waals surface area contributed by atoms with Crippen LogP contribution in [0, 0.1) is 0 Å². The molecule has 1 saturated heterocycles. The molecule has 0 radical (unpaired) electrons. The van der Waals surface area contributed by atoms with Gasteiger partial charge in [0.2, 0.25) is 5.91 Å². The average Bonchev–Trinajstić information content (AvgIpc) is 2.91. The van der Waals surface area contributed by atoms with Gasteiger partial charge in [-0.1, -0.05) is 11.6 Å². The summed E-state index contributed by atoms with van der Waals surface area (Å²) >= 11 is 0. The first-order chi connectivity index (χ1) is 9.79. The first-order valence-electron chi connectivity index (χ1n) is 7.91. The summed E-state index contributed by atoms with van der Waals surface area (Å²) in [6, 6.07) is 0.227. The van der Waals surface area contributed by atoms with Gasteiger partial charge in [-0.15, -0.1) is 0 Å². The van der Waals surface area contributed by atoms with Crippen molar-refractivity contribution in [3.05, 3.63) is 11.6 Å². The lowest BCUT2D eigenvalue weighted by atomic mass is 9.96. The van der Waals surface area contributed by atoms with Gasteiger partial charge in [0.25, 0.3) is 0 Å². The van der Waals surface area contributed by atoms with Crippen LogP contribution in [0.3, 0.4) is 0 Å². The number of hydrogen-bond acceptors (Lipinski definition) is 3. The fourth-order valence-electron chi connectivity index (χ4n) is 3.84. The Kier molecular flexibility index (Phi) is 4.41. The highest BCUT2D eigenvalue weighted by molar-refractivity contribution is 5.79. The Morgan fingerprint density at radius 1 is 1.45 bits per heavy atom. The molecule has 112 valence electrons. The van der Waals surface area contributed by atoms with Crippen LogP contribution in [0.4, 0.5) is 0 Å². The molecule has 0 aromatic carbocycles. The highest BCUT2D eigenvalue weighted by Crippen LogP contribution is 2.33. The van der Waals surface area contributed by atoms with Gasteiger partial charge in [0.15, 0.2) is 0 Å². The summed E-state index contributed by atoms with van der Waals surface area (Å²) in [6.07, 6.45) is 9.88. The number of fused-ring (bicyclic) bond motifs is 1. The molecule has 2 aliphatic carbocycles. The van der Waals surface area contributed by atoms with E-state index in [1.807, 2.05) is 0 Å². The minimum absolute atomic E-state index is 0.0815. The number of methoxy groups -OCH3 is 1. The summed E-state index contributed by atoms with van der Waals surface area (Å²) in [7, 11) is 1.74. The quantitative estimate of drug-likeness (QED) is 0.744. The van der Waals surface area contributed by atoms with Crippen molar-refractivity contribution in [1.29, 1.82) is 0 Å². The second kappa shape index (κ2) is 6.27. The van der Waals surface area contributed by atoms with Crippen LogP contribution in [0.25, 0.3) is 0 Å². The number of ether oxygens (including phenoxy) is 2. The van der Waals surface area contributed by atoms with Crippen LogP contribution in [-0.2, 0) is 14.3 Å². The number of carbonyl (C=O) groups excluding carboxylic acids is 1. The molecule has 0 aromatic heterocycles. The van der Waals surface area contributed by atoms with Crippen molar-refractivity contribution in [1.82, 2.24) is 4.90 Å². The predicted octanol–water partition coefficient (Wildman–Crippen LogP) is 2.28. The molecule has 1 heterocycles. The molecule has 20 heavy (non-hydrogen) atoms. The van der Waals surface area contributed by atoms with Crippen molar-refractivity contribution < 1.29 is 14.3 Å². The molecule has 0 bridgehead atoms. The van der Waals surface area contributed by atoms with E-state index in [1.54, 1.807) is 7.11 Å². The van der Waals surface area contributed by atoms with Gasteiger partial charge in [0.05, 0.1) is 18.8 Å². The SMILES string of the molecule is CO[C@H]1CC[C@H]2[C@H]1OCCN2C(=O)CC1=CCCCC1. The zero-order chi connectivity index (χ0) is 13.9. The van der Waals surface area contributed by atoms with E-state index in [9.17, 15) is 4.79 Å². The Bertz CT molecular complexity index is 393. The van der Waals surface area contributed by atoms with E-state index < -0.39 is 0 Å². The second-order valence-electron chi connectivity index (χ2n) is 6.13. The van der Waals surface area contributed by atoms with Gasteiger partial charge in [0, 0.05) is 20.1 Å². The maximum Gasteiger partial charge on any atom is 0.227 e. The molecule has 3 aliphatic rings. The fraction of sp³-hybridized carbons (Fsp3) is 0.812. The van der Waals surface area contributed by atoms with Gasteiger partial charge in [0.1, 0.15) is 6.10 Å². The van der Waals surface area contributed by atoms with E-state index in [0.717, 1.165) is 32.2 Å². The molecule has 0 N–H and O–H groups in total. The molecule has 2 fully saturated rings. The van der Waals surface area contributed by atoms with Crippen LogP contribution in [0.2, 0.25) is 0 Å². The molecule has 4 heteroatoms. The Labute approximate surface area is 121 Å². The van der Waals surface area contributed by atoms with Crippen molar-refractivity contribution in [2.45, 2.75) is 63.2 Å². The van der Waals surface area contributed by atoms with E-state index in [-0.39, 0.29) is 24.2 Å². The van der Waals surface area contributed by atoms with Crippen LogP contribution in [0.5, 0.6) is 0 Å². The van der Waals surface area contributed by atoms with Gasteiger partial charge in [-0.3, -0.25) is 4.79 Å². The van der Waals surface area contributed by atoms with Gasteiger partial charge in [-0.2, -0.15) is 0 Å². The summed E-state index contributed by atoms with van der Waals surface area (Å²) < 4.78 is 11.3. The molecule has 3 atom stereocenters. The predicted molar refractivity (Wildman–Crippen MR) is 76.4 cm³/mol. The largest absolute Gasteiger partial charge is 0.379 e. The van der Waals surface area contributed by atoms with Crippen LogP contribution in [0.1, 0.15) is 44.9 Å². The summed E-state index contributed by atoms with van der Waals surface area (Å²) in [5.74, 6) is 0.285. The zero-order valence-corrected chi connectivity index (χ0v) is 12.3. The van der Waals surface area contributed by atoms with Gasteiger partial charge in [-0.25, -0.2) is 0 Å². The molecule has 4 nitrogen and oxygen atoms in total. The van der Waals surface area contributed by atoms with Crippen LogP contribution >= 0.6 is 0 Å². The topological polar surface area (TPSA) is 38.8 Å². The molecular weight excluding hydrogens is 254 g/mol. The molecule has 1 aliphatic heterocycles. The third-order valence-electron chi connectivity index (χ3n) is 4.92. The molecule has 0 unspecified atom stereocenters. The minimum atomic E-state index is 0.0815. The first-order valence-corrected chi connectivity index (χ1v) is 7.91. The maximum absolute atomic E-state index is 12.6. The van der Waals surface area contributed by atoms with E-state index in [2.05, 4.69) is 11.0 Å². The summed E-state index contributed by atoms with van der Waals surface area (Å²) in [5.41, 5.74) is 1.34. The van der Waals surface area contributed by atoms with Crippen LogP contribution in [0.15, 0.2) is 11.6 Å². The van der Waals surface area contributed by atoms with E-state index in [4.69, 9.17) is 9.47 Å². The highest BCUT2D eigenvalue weighted by atomic mass is 16.5. The number of allylic oxidation sites excluding steroid dienone is 1. The molecule has 1 amide bonds. The van der Waals surface area contributed by atoms with Crippen LogP contribution < -0.4 is 0 Å². The standard InChI is InChI=1S/C16H25NO3/c1-19-14-8-7-13-16(14)20-10-9-17(13)15(18)11-12-5-3-2-4-6-12/h5,13-14,16H,2-4,6-11H2,1H3/t13-,14-,16+/m0/s1. The third-order valence-corrected chi connectivity index (χ3v) is 4.92. The monoisotopic (exact) mass is 279 g/mol. The average molecular weight is 279 g/mol. The second-order valence-corrected chi connectivity index (χ2v) is 6.13. The van der Waals surface area contributed by atoms with E-state index >= 15 is 0 Å². The number of rotatable bonds is 3. The minimum Gasteiger partial charge on any atom is -0.379 e. The summed E-state index contributed by atoms with van der Waals surface area (Å²) in [4.78, 5) is 14.7. The Morgan fingerprint density at radius 3 is 3.10 bits per heavy atom. The molecular formula is C16H25NO3. The van der Waals surface area contributed by atoms with Gasteiger partial charge >= 0.3 is 0 Å². The van der Waals surface area contributed by atoms with Gasteiger partial charge < -0.3 is 14.4 Å². The number of morpholine rings is 1. The van der Waals surface area contributed by atoms with Crippen molar-refractivity contribution in [3.63, 3.8) is 0 Å². The van der Waals surface area contributed by atoms with Crippen molar-refractivity contribution in [2.75, 3.05) is 20.3 Å². The molecule has 3 rings (SSSR count). The normalized spacial score (nSPS) is 33.8. The molecule has 0 spiro atoms. The Hall–Kier alpha value is -0.870. The third kappa shape index (κ3) is 2.77. The molecule has 0 aromatic rings. The van der Waals surface area contributed by atoms with Gasteiger partial charge in [-0.05, 0) is 38.5 Å². The van der Waals surface area contributed by atoms with E-state index in [0.29, 0.717) is 13.0 Å². The van der Waals surface area contributed by atoms with Crippen LogP contribution in [-0.4, -0.2) is 49.3 Å². The smallest absolute Gasteiger partial charge is 0.227 e. The Balaban J connectivity index is 1.63. The number of hydrogen-bond donors (Lipinski definition) is 0. The number of amides is 1. The number of carbonyl (C=O) groups is 1. The lowest BCUT2D eigenvalue weighted by Crippen LogP contribution is -2.53. The Morgan fingerprint density at radius 2 is 2.35 bits per heavy atom. The zero-order valence-electron chi connectivity index (χ0n) is 12.3. The summed E-state index contributed by atoms with van der Waals surface area (Å²) in [6.45, 7) is 1.38. The van der Waals surface area contributed by atoms with Crippen molar-refractivity contribution >= 4 is 5.91 Å². The lowest BCUT2D eigenvalue weighted by Gasteiger charge is -2.39. The maximum atomic E-state index is 12.6. The summed E-state index contributed by atoms with van der Waals surface area (Å²) in [5, 5.41) is 0.